The summed E-state index contributed by atoms with van der Waals surface area (Å²) in [6.07, 6.45) is 0.132. The molecule has 1 aliphatic heterocycles. The standard InChI is InChI=1S/C20H30N2O5S/c1-6-27-19(24)8-7-18(23)21-9-11-22(12-10-21)28(25,26)20-16(4)14(2)13-15(3)17(20)5/h13H,6-12H2,1-5H3. The van der Waals surface area contributed by atoms with E-state index in [1.54, 1.807) is 11.8 Å². The van der Waals surface area contributed by atoms with Crippen molar-refractivity contribution in [3.05, 3.63) is 28.3 Å². The highest BCUT2D eigenvalue weighted by Gasteiger charge is 2.32. The predicted octanol–water partition coefficient (Wildman–Crippen LogP) is 2.10. The van der Waals surface area contributed by atoms with Crippen molar-refractivity contribution in [1.82, 2.24) is 9.21 Å². The molecule has 156 valence electrons. The molecule has 0 aliphatic carbocycles. The van der Waals surface area contributed by atoms with E-state index in [0.29, 0.717) is 24.6 Å². The Kier molecular flexibility index (Phi) is 7.22. The van der Waals surface area contributed by atoms with Crippen LogP contribution in [0, 0.1) is 27.7 Å². The van der Waals surface area contributed by atoms with Crippen LogP contribution in [0.1, 0.15) is 42.0 Å². The topological polar surface area (TPSA) is 84.0 Å². The second-order valence-corrected chi connectivity index (χ2v) is 9.05. The maximum Gasteiger partial charge on any atom is 0.306 e. The number of rotatable bonds is 6. The van der Waals surface area contributed by atoms with E-state index in [1.165, 1.54) is 4.31 Å². The number of carbonyl (C=O) groups excluding carboxylic acids is 2. The summed E-state index contributed by atoms with van der Waals surface area (Å²) in [6, 6.07) is 2.00. The van der Waals surface area contributed by atoms with Crippen molar-refractivity contribution in [3.63, 3.8) is 0 Å². The highest BCUT2D eigenvalue weighted by atomic mass is 32.2. The summed E-state index contributed by atoms with van der Waals surface area (Å²) in [6.45, 7) is 10.7. The van der Waals surface area contributed by atoms with Crippen LogP contribution in [0.5, 0.6) is 0 Å². The summed E-state index contributed by atoms with van der Waals surface area (Å²) in [4.78, 5) is 25.7. The third-order valence-corrected chi connectivity index (χ3v) is 7.51. The molecule has 0 bridgehead atoms. The van der Waals surface area contributed by atoms with E-state index >= 15 is 0 Å². The van der Waals surface area contributed by atoms with E-state index in [2.05, 4.69) is 0 Å². The van der Waals surface area contributed by atoms with Crippen LogP contribution in [-0.4, -0.2) is 62.3 Å². The van der Waals surface area contributed by atoms with Gasteiger partial charge in [-0.25, -0.2) is 8.42 Å². The minimum absolute atomic E-state index is 0.0478. The third kappa shape index (κ3) is 4.72. The first kappa shape index (κ1) is 22.4. The van der Waals surface area contributed by atoms with Gasteiger partial charge in [-0.05, 0) is 56.9 Å². The van der Waals surface area contributed by atoms with Crippen molar-refractivity contribution in [2.24, 2.45) is 0 Å². The lowest BCUT2D eigenvalue weighted by Gasteiger charge is -2.34. The zero-order chi connectivity index (χ0) is 21.1. The number of ether oxygens (including phenoxy) is 1. The van der Waals surface area contributed by atoms with Gasteiger partial charge in [-0.2, -0.15) is 4.31 Å². The van der Waals surface area contributed by atoms with E-state index in [9.17, 15) is 18.0 Å². The highest BCUT2D eigenvalue weighted by molar-refractivity contribution is 7.89. The fourth-order valence-corrected chi connectivity index (χ4v) is 5.47. The van der Waals surface area contributed by atoms with Crippen molar-refractivity contribution in [2.75, 3.05) is 32.8 Å². The molecular weight excluding hydrogens is 380 g/mol. The molecule has 0 spiro atoms. The van der Waals surface area contributed by atoms with E-state index in [0.717, 1.165) is 22.3 Å². The van der Waals surface area contributed by atoms with Crippen LogP contribution in [0.3, 0.4) is 0 Å². The Morgan fingerprint density at radius 3 is 2.00 bits per heavy atom. The summed E-state index contributed by atoms with van der Waals surface area (Å²) < 4.78 is 32.8. The molecule has 0 atom stereocenters. The minimum atomic E-state index is -3.63. The van der Waals surface area contributed by atoms with Crippen LogP contribution in [0.15, 0.2) is 11.0 Å². The van der Waals surface area contributed by atoms with Gasteiger partial charge >= 0.3 is 5.97 Å². The Labute approximate surface area is 167 Å². The molecule has 1 aliphatic rings. The Balaban J connectivity index is 2.07. The molecule has 1 heterocycles. The quantitative estimate of drug-likeness (QED) is 0.671. The van der Waals surface area contributed by atoms with Gasteiger partial charge in [0.15, 0.2) is 0 Å². The van der Waals surface area contributed by atoms with Crippen LogP contribution in [0.4, 0.5) is 0 Å². The number of esters is 1. The maximum absolute atomic E-state index is 13.3. The average molecular weight is 411 g/mol. The van der Waals surface area contributed by atoms with Gasteiger partial charge in [-0.3, -0.25) is 9.59 Å². The largest absolute Gasteiger partial charge is 0.466 e. The van der Waals surface area contributed by atoms with Gasteiger partial charge in [0.2, 0.25) is 15.9 Å². The summed E-state index contributed by atoms with van der Waals surface area (Å²) in [5.41, 5.74) is 3.45. The second kappa shape index (κ2) is 9.05. The summed E-state index contributed by atoms with van der Waals surface area (Å²) >= 11 is 0. The summed E-state index contributed by atoms with van der Waals surface area (Å²) in [5.74, 6) is -0.540. The number of hydrogen-bond acceptors (Lipinski definition) is 5. The third-order valence-electron chi connectivity index (χ3n) is 5.33. The number of hydrogen-bond donors (Lipinski definition) is 0. The first-order chi connectivity index (χ1) is 13.1. The Morgan fingerprint density at radius 2 is 1.50 bits per heavy atom. The molecule has 1 aromatic rings. The van der Waals surface area contributed by atoms with Crippen molar-refractivity contribution in [1.29, 1.82) is 0 Å². The normalized spacial score (nSPS) is 15.5. The molecule has 8 heteroatoms. The van der Waals surface area contributed by atoms with E-state index in [1.807, 2.05) is 33.8 Å². The van der Waals surface area contributed by atoms with Crippen LogP contribution < -0.4 is 0 Å². The first-order valence-corrected chi connectivity index (χ1v) is 11.0. The molecule has 0 unspecified atom stereocenters. The molecule has 0 N–H and O–H groups in total. The fraction of sp³-hybridized carbons (Fsp3) is 0.600. The number of aryl methyl sites for hydroxylation is 2. The van der Waals surface area contributed by atoms with E-state index in [-0.39, 0.29) is 31.8 Å². The minimum Gasteiger partial charge on any atom is -0.466 e. The Hall–Kier alpha value is -1.93. The lowest BCUT2D eigenvalue weighted by Crippen LogP contribution is -2.50. The number of carbonyl (C=O) groups is 2. The van der Waals surface area contributed by atoms with Crippen LogP contribution in [0.2, 0.25) is 0 Å². The monoisotopic (exact) mass is 410 g/mol. The number of amides is 1. The van der Waals surface area contributed by atoms with Gasteiger partial charge in [-0.1, -0.05) is 6.07 Å². The predicted molar refractivity (Wildman–Crippen MR) is 107 cm³/mol. The summed E-state index contributed by atoms with van der Waals surface area (Å²) in [7, 11) is -3.63. The lowest BCUT2D eigenvalue weighted by atomic mass is 10.0. The smallest absolute Gasteiger partial charge is 0.306 e. The van der Waals surface area contributed by atoms with Crippen molar-refractivity contribution >= 4 is 21.9 Å². The van der Waals surface area contributed by atoms with Crippen LogP contribution >= 0.6 is 0 Å². The van der Waals surface area contributed by atoms with Gasteiger partial charge in [0, 0.05) is 32.6 Å². The molecule has 0 radical (unpaired) electrons. The van der Waals surface area contributed by atoms with Crippen molar-refractivity contribution < 1.29 is 22.7 Å². The molecular formula is C20H30N2O5S. The zero-order valence-corrected chi connectivity index (χ0v) is 18.2. The lowest BCUT2D eigenvalue weighted by molar-refractivity contribution is -0.145. The summed E-state index contributed by atoms with van der Waals surface area (Å²) in [5, 5.41) is 0. The first-order valence-electron chi connectivity index (χ1n) is 9.60. The van der Waals surface area contributed by atoms with Gasteiger partial charge in [0.1, 0.15) is 0 Å². The van der Waals surface area contributed by atoms with Gasteiger partial charge in [0.05, 0.1) is 17.9 Å². The van der Waals surface area contributed by atoms with E-state index < -0.39 is 16.0 Å². The number of sulfonamides is 1. The molecule has 1 amide bonds. The van der Waals surface area contributed by atoms with Gasteiger partial charge in [0.25, 0.3) is 0 Å². The molecule has 0 aromatic heterocycles. The SMILES string of the molecule is CCOC(=O)CCC(=O)N1CCN(S(=O)(=O)c2c(C)c(C)cc(C)c2C)CC1. The molecule has 1 aromatic carbocycles. The number of piperazine rings is 1. The molecule has 7 nitrogen and oxygen atoms in total. The Morgan fingerprint density at radius 1 is 0.964 bits per heavy atom. The average Bonchev–Trinajstić information content (AvgIpc) is 2.65. The van der Waals surface area contributed by atoms with Crippen molar-refractivity contribution in [3.8, 4) is 0 Å². The number of benzene rings is 1. The maximum atomic E-state index is 13.3. The molecule has 1 fully saturated rings. The van der Waals surface area contributed by atoms with Gasteiger partial charge in [-0.15, -0.1) is 0 Å². The highest BCUT2D eigenvalue weighted by Crippen LogP contribution is 2.29. The second-order valence-electron chi connectivity index (χ2n) is 7.18. The van der Waals surface area contributed by atoms with Gasteiger partial charge < -0.3 is 9.64 Å². The molecule has 2 rings (SSSR count). The fourth-order valence-electron chi connectivity index (χ4n) is 3.47. The van der Waals surface area contributed by atoms with E-state index in [4.69, 9.17) is 4.74 Å². The molecule has 1 saturated heterocycles. The zero-order valence-electron chi connectivity index (χ0n) is 17.4. The van der Waals surface area contributed by atoms with Crippen molar-refractivity contribution in [2.45, 2.75) is 52.4 Å². The molecule has 0 saturated carbocycles. The number of nitrogens with zero attached hydrogens (tertiary/aromatic N) is 2. The van der Waals surface area contributed by atoms with Crippen LogP contribution in [-0.2, 0) is 24.3 Å². The Bertz CT molecular complexity index is 830. The van der Waals surface area contributed by atoms with Crippen LogP contribution in [0.25, 0.3) is 0 Å². The molecule has 28 heavy (non-hydrogen) atoms.